The average Bonchev–Trinajstić information content (AvgIpc) is 3.02. The first-order chi connectivity index (χ1) is 9.92. The van der Waals surface area contributed by atoms with Crippen LogP contribution in [0.1, 0.15) is 0 Å². The molecule has 0 N–H and O–H groups in total. The van der Waals surface area contributed by atoms with Gasteiger partial charge in [-0.3, -0.25) is 4.40 Å². The predicted molar refractivity (Wildman–Crippen MR) is 85.6 cm³/mol. The summed E-state index contributed by atoms with van der Waals surface area (Å²) in [5.41, 5.74) is 2.28. The minimum Gasteiger partial charge on any atom is -0.298 e. The summed E-state index contributed by atoms with van der Waals surface area (Å²) in [7, 11) is 0. The molecular weight excluding hydrogens is 264 g/mol. The lowest BCUT2D eigenvalue weighted by Crippen LogP contribution is -1.85. The second-order valence-electron chi connectivity index (χ2n) is 4.96. The van der Waals surface area contributed by atoms with E-state index in [4.69, 9.17) is 4.98 Å². The predicted octanol–water partition coefficient (Wildman–Crippen LogP) is 4.86. The second kappa shape index (κ2) is 3.58. The van der Waals surface area contributed by atoms with Gasteiger partial charge in [-0.1, -0.05) is 42.5 Å². The van der Waals surface area contributed by atoms with Gasteiger partial charge in [-0.15, -0.1) is 11.3 Å². The Kier molecular flexibility index (Phi) is 1.86. The minimum atomic E-state index is 1.05. The lowest BCUT2D eigenvalue weighted by atomic mass is 10.2. The van der Waals surface area contributed by atoms with Crippen molar-refractivity contribution in [1.82, 2.24) is 9.38 Å². The number of nitrogens with zero attached hydrogens (tertiary/aromatic N) is 2. The molecule has 0 amide bonds. The topological polar surface area (TPSA) is 17.3 Å². The number of pyridine rings is 1. The Morgan fingerprint density at radius 1 is 0.850 bits per heavy atom. The third-order valence-electron chi connectivity index (χ3n) is 3.83. The van der Waals surface area contributed by atoms with E-state index in [0.29, 0.717) is 0 Å². The highest BCUT2D eigenvalue weighted by atomic mass is 32.1. The van der Waals surface area contributed by atoms with E-state index in [-0.39, 0.29) is 0 Å². The lowest BCUT2D eigenvalue weighted by Gasteiger charge is -2.00. The molecule has 94 valence electrons. The largest absolute Gasteiger partial charge is 0.298 e. The Morgan fingerprint density at radius 2 is 1.65 bits per heavy atom. The van der Waals surface area contributed by atoms with Crippen molar-refractivity contribution in [2.24, 2.45) is 0 Å². The minimum absolute atomic E-state index is 1.05. The van der Waals surface area contributed by atoms with Crippen molar-refractivity contribution in [3.63, 3.8) is 0 Å². The van der Waals surface area contributed by atoms with Crippen LogP contribution in [0.4, 0.5) is 0 Å². The highest BCUT2D eigenvalue weighted by Gasteiger charge is 2.12. The van der Waals surface area contributed by atoms with E-state index in [1.165, 1.54) is 26.4 Å². The molecule has 0 aliphatic carbocycles. The maximum Gasteiger partial charge on any atom is 0.146 e. The first kappa shape index (κ1) is 10.4. The van der Waals surface area contributed by atoms with Crippen molar-refractivity contribution in [3.8, 4) is 0 Å². The second-order valence-corrected chi connectivity index (χ2v) is 5.99. The molecule has 0 saturated carbocycles. The smallest absolute Gasteiger partial charge is 0.146 e. The molecule has 2 aromatic carbocycles. The Bertz CT molecular complexity index is 1070. The Labute approximate surface area is 118 Å². The number of hydrogen-bond acceptors (Lipinski definition) is 2. The Morgan fingerprint density at radius 3 is 2.60 bits per heavy atom. The molecule has 0 unspecified atom stereocenters. The number of benzene rings is 2. The Balaban J connectivity index is 2.10. The lowest BCUT2D eigenvalue weighted by molar-refractivity contribution is 1.25. The fraction of sp³-hybridized carbons (Fsp3) is 0. The molecule has 0 fully saturated rings. The zero-order valence-corrected chi connectivity index (χ0v) is 11.4. The molecule has 3 heterocycles. The summed E-state index contributed by atoms with van der Waals surface area (Å²) >= 11 is 1.76. The van der Waals surface area contributed by atoms with E-state index in [1.807, 2.05) is 0 Å². The monoisotopic (exact) mass is 274 g/mol. The van der Waals surface area contributed by atoms with Gasteiger partial charge in [-0.05, 0) is 17.5 Å². The fourth-order valence-corrected chi connectivity index (χ4v) is 3.99. The first-order valence-electron chi connectivity index (χ1n) is 6.59. The normalized spacial score (nSPS) is 12.0. The van der Waals surface area contributed by atoms with Crippen LogP contribution in [0.2, 0.25) is 0 Å². The van der Waals surface area contributed by atoms with Gasteiger partial charge in [0.2, 0.25) is 0 Å². The molecule has 0 aliphatic heterocycles. The fourth-order valence-electron chi connectivity index (χ4n) is 2.92. The highest BCUT2D eigenvalue weighted by Crippen LogP contribution is 2.35. The molecule has 5 aromatic rings. The molecular formula is C17H10N2S. The first-order valence-corrected chi connectivity index (χ1v) is 7.40. The number of aromatic nitrogens is 2. The molecule has 3 heteroatoms. The van der Waals surface area contributed by atoms with E-state index in [2.05, 4.69) is 65.2 Å². The molecule has 3 aromatic heterocycles. The summed E-state index contributed by atoms with van der Waals surface area (Å²) in [5.74, 6) is 0. The zero-order chi connectivity index (χ0) is 13.1. The van der Waals surface area contributed by atoms with Crippen LogP contribution in [0.5, 0.6) is 0 Å². The summed E-state index contributed by atoms with van der Waals surface area (Å²) < 4.78 is 3.52. The van der Waals surface area contributed by atoms with Crippen molar-refractivity contribution in [1.29, 1.82) is 0 Å². The molecule has 0 bridgehead atoms. The molecule has 0 aliphatic rings. The summed E-state index contributed by atoms with van der Waals surface area (Å²) in [6, 6.07) is 19.1. The van der Waals surface area contributed by atoms with Crippen molar-refractivity contribution in [3.05, 3.63) is 60.8 Å². The third-order valence-corrected chi connectivity index (χ3v) is 4.89. The van der Waals surface area contributed by atoms with Gasteiger partial charge in [0.25, 0.3) is 0 Å². The van der Waals surface area contributed by atoms with E-state index >= 15 is 0 Å². The van der Waals surface area contributed by atoms with Gasteiger partial charge in [0.1, 0.15) is 10.5 Å². The van der Waals surface area contributed by atoms with Gasteiger partial charge < -0.3 is 0 Å². The van der Waals surface area contributed by atoms with Crippen molar-refractivity contribution < 1.29 is 0 Å². The van der Waals surface area contributed by atoms with E-state index < -0.39 is 0 Å². The molecule has 0 saturated heterocycles. The van der Waals surface area contributed by atoms with E-state index in [1.54, 1.807) is 11.3 Å². The van der Waals surface area contributed by atoms with Crippen LogP contribution in [0.25, 0.3) is 36.9 Å². The molecule has 0 atom stereocenters. The van der Waals surface area contributed by atoms with Gasteiger partial charge >= 0.3 is 0 Å². The maximum absolute atomic E-state index is 4.86. The summed E-state index contributed by atoms with van der Waals surface area (Å²) in [6.45, 7) is 0. The quantitative estimate of drug-likeness (QED) is 0.394. The van der Waals surface area contributed by atoms with Gasteiger partial charge in [0.15, 0.2) is 0 Å². The number of imidazole rings is 1. The van der Waals surface area contributed by atoms with Crippen LogP contribution in [0.15, 0.2) is 60.8 Å². The molecule has 20 heavy (non-hydrogen) atoms. The third kappa shape index (κ3) is 1.20. The maximum atomic E-state index is 4.86. The van der Waals surface area contributed by atoms with E-state index in [0.717, 1.165) is 10.5 Å². The SMILES string of the molecule is c1ccc2c(c1)ccn1c2nc2sc3ccccc3c21. The highest BCUT2D eigenvalue weighted by molar-refractivity contribution is 7.25. The van der Waals surface area contributed by atoms with Crippen LogP contribution in [0.3, 0.4) is 0 Å². The average molecular weight is 274 g/mol. The molecule has 0 radical (unpaired) electrons. The van der Waals surface area contributed by atoms with Gasteiger partial charge in [-0.25, -0.2) is 4.98 Å². The van der Waals surface area contributed by atoms with Crippen LogP contribution in [0, 0.1) is 0 Å². The van der Waals surface area contributed by atoms with E-state index in [9.17, 15) is 0 Å². The zero-order valence-electron chi connectivity index (χ0n) is 10.6. The van der Waals surface area contributed by atoms with Gasteiger partial charge in [-0.2, -0.15) is 0 Å². The Hall–Kier alpha value is -2.39. The standard InChI is InChI=1S/C17H10N2S/c1-2-6-12-11(5-1)9-10-19-15-13-7-3-4-8-14(13)20-17(15)18-16(12)19/h1-10H. The molecule has 0 spiro atoms. The molecule has 5 rings (SSSR count). The number of thiophene rings is 1. The van der Waals surface area contributed by atoms with Gasteiger partial charge in [0.05, 0.1) is 5.52 Å². The van der Waals surface area contributed by atoms with Crippen molar-refractivity contribution in [2.45, 2.75) is 0 Å². The summed E-state index contributed by atoms with van der Waals surface area (Å²) in [5, 5.41) is 3.74. The number of fused-ring (bicyclic) bond motifs is 7. The van der Waals surface area contributed by atoms with Crippen molar-refractivity contribution in [2.75, 3.05) is 0 Å². The van der Waals surface area contributed by atoms with Crippen LogP contribution in [-0.2, 0) is 0 Å². The van der Waals surface area contributed by atoms with Crippen LogP contribution in [-0.4, -0.2) is 9.38 Å². The summed E-state index contributed by atoms with van der Waals surface area (Å²) in [4.78, 5) is 5.98. The van der Waals surface area contributed by atoms with Crippen molar-refractivity contribution >= 4 is 48.2 Å². The number of hydrogen-bond donors (Lipinski definition) is 0. The molecule has 2 nitrogen and oxygen atoms in total. The van der Waals surface area contributed by atoms with Crippen LogP contribution < -0.4 is 0 Å². The summed E-state index contributed by atoms with van der Waals surface area (Å²) in [6.07, 6.45) is 2.13. The number of rotatable bonds is 0. The van der Waals surface area contributed by atoms with Crippen LogP contribution >= 0.6 is 11.3 Å². The van der Waals surface area contributed by atoms with Gasteiger partial charge in [0, 0.05) is 21.7 Å².